The minimum absolute atomic E-state index is 0.00510. The predicted octanol–water partition coefficient (Wildman–Crippen LogP) is 2.17. The third kappa shape index (κ3) is 11.1. The number of carbonyl (C=O) groups excluding carboxylic acids is 5. The maximum absolute atomic E-state index is 13.8. The Balaban J connectivity index is 1.79. The monoisotopic (exact) mass is 651 g/mol. The molecule has 1 aliphatic heterocycles. The van der Waals surface area contributed by atoms with Crippen molar-refractivity contribution >= 4 is 29.6 Å². The number of carbonyl (C=O) groups is 5. The Morgan fingerprint density at radius 1 is 0.872 bits per heavy atom. The van der Waals surface area contributed by atoms with E-state index in [4.69, 9.17) is 10.5 Å². The standard InChI is InChI=1S/C35H49N5O7/c1-21(2)18-27(38-33(44)29-12-9-17-40(29)34(45)23(5)36)31(42)37-28(19-24-13-15-26(41)16-14-24)32(43)39-30(22(3)4)35(46)47-20-25-10-7-6-8-11-25/h6-8,10-11,13-16,21-23,27-30,41H,9,12,17-20,36H2,1-5H3,(H,37,42)(H,38,44)(H,39,43)/t23-,27-,28-,29-,30-/m0/s1. The quantitative estimate of drug-likeness (QED) is 0.182. The molecule has 47 heavy (non-hydrogen) atoms. The van der Waals surface area contributed by atoms with Crippen LogP contribution >= 0.6 is 0 Å². The van der Waals surface area contributed by atoms with Crippen molar-refractivity contribution in [3.8, 4) is 5.75 Å². The summed E-state index contributed by atoms with van der Waals surface area (Å²) in [6, 6.07) is 10.8. The number of phenols is 1. The molecule has 0 unspecified atom stereocenters. The summed E-state index contributed by atoms with van der Waals surface area (Å²) in [5.41, 5.74) is 7.24. The summed E-state index contributed by atoms with van der Waals surface area (Å²) < 4.78 is 5.51. The van der Waals surface area contributed by atoms with Crippen LogP contribution in [0.4, 0.5) is 0 Å². The molecule has 256 valence electrons. The van der Waals surface area contributed by atoms with Crippen molar-refractivity contribution in [1.82, 2.24) is 20.9 Å². The molecule has 12 heteroatoms. The number of hydrogen-bond donors (Lipinski definition) is 5. The summed E-state index contributed by atoms with van der Waals surface area (Å²) in [5, 5.41) is 18.1. The number of likely N-dealkylation sites (tertiary alicyclic amines) is 1. The highest BCUT2D eigenvalue weighted by molar-refractivity contribution is 5.95. The van der Waals surface area contributed by atoms with Crippen molar-refractivity contribution in [3.63, 3.8) is 0 Å². The smallest absolute Gasteiger partial charge is 0.329 e. The van der Waals surface area contributed by atoms with Gasteiger partial charge in [0.25, 0.3) is 0 Å². The zero-order valence-corrected chi connectivity index (χ0v) is 27.9. The molecular weight excluding hydrogens is 602 g/mol. The topological polar surface area (TPSA) is 180 Å². The number of nitrogens with zero attached hydrogens (tertiary/aromatic N) is 1. The van der Waals surface area contributed by atoms with Crippen LogP contribution in [0.5, 0.6) is 5.75 Å². The summed E-state index contributed by atoms with van der Waals surface area (Å²) in [6.07, 6.45) is 1.41. The zero-order chi connectivity index (χ0) is 34.7. The third-order valence-electron chi connectivity index (χ3n) is 8.02. The molecule has 12 nitrogen and oxygen atoms in total. The van der Waals surface area contributed by atoms with Gasteiger partial charge in [-0.1, -0.05) is 70.2 Å². The highest BCUT2D eigenvalue weighted by atomic mass is 16.5. The summed E-state index contributed by atoms with van der Waals surface area (Å²) in [6.45, 7) is 9.37. The fourth-order valence-corrected chi connectivity index (χ4v) is 5.45. The van der Waals surface area contributed by atoms with Gasteiger partial charge in [0.1, 0.15) is 36.5 Å². The van der Waals surface area contributed by atoms with Crippen LogP contribution in [0.25, 0.3) is 0 Å². The number of rotatable bonds is 15. The Morgan fingerprint density at radius 3 is 2.11 bits per heavy atom. The van der Waals surface area contributed by atoms with Gasteiger partial charge in [0, 0.05) is 13.0 Å². The minimum atomic E-state index is -1.13. The van der Waals surface area contributed by atoms with E-state index in [1.807, 2.05) is 44.2 Å². The summed E-state index contributed by atoms with van der Waals surface area (Å²) in [7, 11) is 0. The molecule has 0 aliphatic carbocycles. The Morgan fingerprint density at radius 2 is 1.51 bits per heavy atom. The lowest BCUT2D eigenvalue weighted by molar-refractivity contribution is -0.150. The van der Waals surface area contributed by atoms with Crippen LogP contribution in [0.3, 0.4) is 0 Å². The Labute approximate surface area is 276 Å². The number of phenolic OH excluding ortho intramolecular Hbond substituents is 1. The molecule has 1 heterocycles. The first-order valence-electron chi connectivity index (χ1n) is 16.2. The molecule has 1 aliphatic rings. The summed E-state index contributed by atoms with van der Waals surface area (Å²) in [4.78, 5) is 68.1. The van der Waals surface area contributed by atoms with Gasteiger partial charge >= 0.3 is 5.97 Å². The van der Waals surface area contributed by atoms with E-state index >= 15 is 0 Å². The van der Waals surface area contributed by atoms with Gasteiger partial charge in [0.15, 0.2) is 0 Å². The molecule has 4 amide bonds. The van der Waals surface area contributed by atoms with Crippen molar-refractivity contribution in [2.75, 3.05) is 6.54 Å². The lowest BCUT2D eigenvalue weighted by Crippen LogP contribution is -2.59. The lowest BCUT2D eigenvalue weighted by Gasteiger charge is -2.29. The van der Waals surface area contributed by atoms with Crippen molar-refractivity contribution < 1.29 is 33.8 Å². The van der Waals surface area contributed by atoms with Crippen LogP contribution in [0.2, 0.25) is 0 Å². The maximum Gasteiger partial charge on any atom is 0.329 e. The molecule has 1 fully saturated rings. The first kappa shape index (κ1) is 37.0. The molecule has 2 aromatic rings. The average molecular weight is 652 g/mol. The number of ether oxygens (including phenoxy) is 1. The molecule has 5 atom stereocenters. The first-order chi connectivity index (χ1) is 22.3. The van der Waals surface area contributed by atoms with Crippen molar-refractivity contribution in [3.05, 3.63) is 65.7 Å². The molecule has 0 radical (unpaired) electrons. The van der Waals surface area contributed by atoms with Crippen LogP contribution in [0.1, 0.15) is 65.0 Å². The molecule has 2 aromatic carbocycles. The molecule has 6 N–H and O–H groups in total. The van der Waals surface area contributed by atoms with Gasteiger partial charge in [0.2, 0.25) is 23.6 Å². The highest BCUT2D eigenvalue weighted by Crippen LogP contribution is 2.19. The van der Waals surface area contributed by atoms with E-state index in [1.165, 1.54) is 17.0 Å². The fraction of sp³-hybridized carbons (Fsp3) is 0.514. The second kappa shape index (κ2) is 17.5. The predicted molar refractivity (Wildman–Crippen MR) is 177 cm³/mol. The van der Waals surface area contributed by atoms with Crippen LogP contribution in [0, 0.1) is 11.8 Å². The van der Waals surface area contributed by atoms with Gasteiger partial charge in [-0.25, -0.2) is 4.79 Å². The number of amides is 4. The summed E-state index contributed by atoms with van der Waals surface area (Å²) >= 11 is 0. The van der Waals surface area contributed by atoms with E-state index in [-0.39, 0.29) is 42.9 Å². The van der Waals surface area contributed by atoms with E-state index in [9.17, 15) is 29.1 Å². The van der Waals surface area contributed by atoms with E-state index in [0.29, 0.717) is 24.9 Å². The SMILES string of the molecule is CC(C)C[C@H](NC(=O)[C@@H]1CCCN1C(=O)[C@H](C)N)C(=O)N[C@@H](Cc1ccc(O)cc1)C(=O)N[C@H](C(=O)OCc1ccccc1)C(C)C. The van der Waals surface area contributed by atoms with Crippen LogP contribution in [0.15, 0.2) is 54.6 Å². The zero-order valence-electron chi connectivity index (χ0n) is 27.9. The second-order valence-corrected chi connectivity index (χ2v) is 12.9. The molecule has 0 bridgehead atoms. The largest absolute Gasteiger partial charge is 0.508 e. The number of hydrogen-bond acceptors (Lipinski definition) is 8. The van der Waals surface area contributed by atoms with Crippen molar-refractivity contribution in [2.24, 2.45) is 17.6 Å². The molecule has 0 saturated carbocycles. The van der Waals surface area contributed by atoms with Gasteiger partial charge in [-0.2, -0.15) is 0 Å². The number of esters is 1. The fourth-order valence-electron chi connectivity index (χ4n) is 5.45. The van der Waals surface area contributed by atoms with Crippen molar-refractivity contribution in [2.45, 2.75) is 97.1 Å². The molecule has 3 rings (SSSR count). The van der Waals surface area contributed by atoms with Gasteiger partial charge in [-0.05, 0) is 61.3 Å². The highest BCUT2D eigenvalue weighted by Gasteiger charge is 2.38. The first-order valence-corrected chi connectivity index (χ1v) is 16.2. The van der Waals surface area contributed by atoms with Crippen LogP contribution in [-0.4, -0.2) is 76.4 Å². The minimum Gasteiger partial charge on any atom is -0.508 e. The summed E-state index contributed by atoms with van der Waals surface area (Å²) in [5.74, 6) is -2.87. The molecular formula is C35H49N5O7. The molecule has 0 aromatic heterocycles. The van der Waals surface area contributed by atoms with Crippen molar-refractivity contribution in [1.29, 1.82) is 0 Å². The van der Waals surface area contributed by atoms with E-state index < -0.39 is 53.9 Å². The number of nitrogens with one attached hydrogen (secondary N) is 3. The lowest BCUT2D eigenvalue weighted by atomic mass is 9.99. The maximum atomic E-state index is 13.8. The average Bonchev–Trinajstić information content (AvgIpc) is 3.52. The molecule has 0 spiro atoms. The molecule has 1 saturated heterocycles. The van der Waals surface area contributed by atoms with E-state index in [1.54, 1.807) is 32.9 Å². The van der Waals surface area contributed by atoms with Gasteiger partial charge in [-0.15, -0.1) is 0 Å². The number of aromatic hydroxyl groups is 1. The Hall–Kier alpha value is -4.45. The van der Waals surface area contributed by atoms with E-state index in [2.05, 4.69) is 16.0 Å². The number of nitrogens with two attached hydrogens (primary N) is 1. The van der Waals surface area contributed by atoms with Gasteiger partial charge < -0.3 is 36.4 Å². The van der Waals surface area contributed by atoms with Gasteiger partial charge in [0.05, 0.1) is 6.04 Å². The second-order valence-electron chi connectivity index (χ2n) is 12.9. The van der Waals surface area contributed by atoms with Crippen LogP contribution in [-0.2, 0) is 41.7 Å². The van der Waals surface area contributed by atoms with Crippen LogP contribution < -0.4 is 21.7 Å². The number of benzene rings is 2. The third-order valence-corrected chi connectivity index (χ3v) is 8.02. The Bertz CT molecular complexity index is 1360. The van der Waals surface area contributed by atoms with E-state index in [0.717, 1.165) is 5.56 Å². The normalized spacial score (nSPS) is 17.0. The Kier molecular flexibility index (Phi) is 13.8. The van der Waals surface area contributed by atoms with Gasteiger partial charge in [-0.3, -0.25) is 19.2 Å².